The molecule has 2 aromatic carbocycles. The molecule has 8 heteroatoms. The predicted octanol–water partition coefficient (Wildman–Crippen LogP) is 3.07. The third-order valence-corrected chi connectivity index (χ3v) is 6.93. The average molecular weight is 429 g/mol. The van der Waals surface area contributed by atoms with Gasteiger partial charge < -0.3 is 8.98 Å². The fraction of sp³-hybridized carbons (Fsp3) is 0.292. The number of piperidine rings is 1. The summed E-state index contributed by atoms with van der Waals surface area (Å²) in [7, 11) is 2.01. The van der Waals surface area contributed by atoms with Gasteiger partial charge in [-0.25, -0.2) is 9.78 Å². The maximum absolute atomic E-state index is 13.9. The Morgan fingerprint density at radius 3 is 2.72 bits per heavy atom. The van der Waals surface area contributed by atoms with Gasteiger partial charge in [0.1, 0.15) is 5.82 Å². The lowest BCUT2D eigenvalue weighted by molar-refractivity contribution is -0.124. The molecule has 4 aromatic rings. The van der Waals surface area contributed by atoms with Crippen LogP contribution in [0.25, 0.3) is 11.1 Å². The molecule has 2 aromatic heterocycles. The van der Waals surface area contributed by atoms with E-state index in [9.17, 15) is 9.59 Å². The van der Waals surface area contributed by atoms with Crippen molar-refractivity contribution in [3.63, 3.8) is 0 Å². The maximum atomic E-state index is 13.9. The Kier molecular flexibility index (Phi) is 4.13. The topological polar surface area (TPSA) is 87.4 Å². The molecule has 0 radical (unpaired) electrons. The Hall–Kier alpha value is -3.65. The maximum Gasteiger partial charge on any atom is 0.417 e. The highest BCUT2D eigenvalue weighted by Crippen LogP contribution is 2.50. The van der Waals surface area contributed by atoms with E-state index in [0.717, 1.165) is 49.6 Å². The van der Waals surface area contributed by atoms with E-state index in [2.05, 4.69) is 20.9 Å². The molecule has 32 heavy (non-hydrogen) atoms. The molecule has 8 nitrogen and oxygen atoms in total. The van der Waals surface area contributed by atoms with Crippen LogP contribution in [0.15, 0.2) is 64.1 Å². The van der Waals surface area contributed by atoms with Crippen molar-refractivity contribution in [3.8, 4) is 0 Å². The van der Waals surface area contributed by atoms with Crippen molar-refractivity contribution in [1.82, 2.24) is 19.4 Å². The summed E-state index contributed by atoms with van der Waals surface area (Å²) >= 11 is 0. The van der Waals surface area contributed by atoms with Crippen molar-refractivity contribution in [2.24, 2.45) is 7.05 Å². The molecule has 162 valence electrons. The Bertz CT molecular complexity index is 1390. The van der Waals surface area contributed by atoms with Crippen LogP contribution in [-0.2, 0) is 23.8 Å². The second-order valence-corrected chi connectivity index (χ2v) is 8.67. The van der Waals surface area contributed by atoms with Crippen molar-refractivity contribution < 1.29 is 9.21 Å². The summed E-state index contributed by atoms with van der Waals surface area (Å²) in [6.45, 7) is 2.43. The molecule has 0 aliphatic carbocycles. The van der Waals surface area contributed by atoms with Crippen LogP contribution >= 0.6 is 0 Å². The van der Waals surface area contributed by atoms with Gasteiger partial charge in [-0.2, -0.15) is 0 Å². The summed E-state index contributed by atoms with van der Waals surface area (Å²) in [5.41, 5.74) is 3.23. The zero-order valence-corrected chi connectivity index (χ0v) is 17.7. The van der Waals surface area contributed by atoms with Crippen molar-refractivity contribution >= 4 is 28.4 Å². The molecule has 1 spiro atoms. The highest BCUT2D eigenvalue weighted by atomic mass is 16.4. The van der Waals surface area contributed by atoms with Gasteiger partial charge >= 0.3 is 5.76 Å². The van der Waals surface area contributed by atoms with Gasteiger partial charge in [-0.15, -0.1) is 0 Å². The van der Waals surface area contributed by atoms with Crippen LogP contribution in [0, 0.1) is 0 Å². The van der Waals surface area contributed by atoms with E-state index in [1.165, 1.54) is 0 Å². The molecule has 0 unspecified atom stereocenters. The fourth-order valence-corrected chi connectivity index (χ4v) is 5.17. The molecule has 0 bridgehead atoms. The average Bonchev–Trinajstić information content (AvgIpc) is 3.44. The highest BCUT2D eigenvalue weighted by Gasteiger charge is 2.52. The Morgan fingerprint density at radius 2 is 1.94 bits per heavy atom. The number of fused-ring (bicyclic) bond motifs is 3. The molecular formula is C24H23N5O3. The van der Waals surface area contributed by atoms with E-state index in [0.29, 0.717) is 16.8 Å². The predicted molar refractivity (Wildman–Crippen MR) is 120 cm³/mol. The molecule has 1 amide bonds. The number of para-hydroxylation sites is 1. The van der Waals surface area contributed by atoms with E-state index < -0.39 is 11.2 Å². The van der Waals surface area contributed by atoms with E-state index in [4.69, 9.17) is 4.42 Å². The number of nitrogens with one attached hydrogen (secondary N) is 1. The number of hydrogen-bond acceptors (Lipinski definition) is 5. The normalized spacial score (nSPS) is 18.0. The number of anilines is 2. The van der Waals surface area contributed by atoms with Gasteiger partial charge in [0.05, 0.1) is 28.9 Å². The van der Waals surface area contributed by atoms with Crippen LogP contribution in [0.1, 0.15) is 24.2 Å². The van der Waals surface area contributed by atoms with Crippen LogP contribution in [-0.4, -0.2) is 38.4 Å². The first-order valence-corrected chi connectivity index (χ1v) is 10.8. The van der Waals surface area contributed by atoms with Crippen molar-refractivity contribution in [1.29, 1.82) is 0 Å². The highest BCUT2D eigenvalue weighted by molar-refractivity contribution is 6.13. The number of imidazole rings is 1. The molecule has 1 fully saturated rings. The van der Waals surface area contributed by atoms with Crippen LogP contribution in [0.5, 0.6) is 0 Å². The van der Waals surface area contributed by atoms with Gasteiger partial charge in [0.15, 0.2) is 5.58 Å². The first kappa shape index (κ1) is 19.1. The molecule has 4 heterocycles. The monoisotopic (exact) mass is 429 g/mol. The Balaban J connectivity index is 1.34. The lowest BCUT2D eigenvalue weighted by atomic mass is 9.73. The number of carbonyl (C=O) groups is 1. The standard InChI is InChI=1S/C24H23N5O3/c1-27-13-10-25-21(27)15-28-11-8-24(9-12-28)17-4-2-3-5-19(17)29(22(24)30)16-6-7-18-20(14-16)32-23(31)26-18/h2-7,10,13-14H,8-9,11-12,15H2,1H3,(H,26,31). The molecular weight excluding hydrogens is 406 g/mol. The molecule has 6 rings (SSSR count). The molecule has 1 N–H and O–H groups in total. The van der Waals surface area contributed by atoms with E-state index in [1.54, 1.807) is 17.0 Å². The minimum atomic E-state index is -0.539. The lowest BCUT2D eigenvalue weighted by Crippen LogP contribution is -2.47. The van der Waals surface area contributed by atoms with E-state index in [-0.39, 0.29) is 5.91 Å². The van der Waals surface area contributed by atoms with Crippen LogP contribution in [0.3, 0.4) is 0 Å². The number of rotatable bonds is 3. The third kappa shape index (κ3) is 2.76. The Morgan fingerprint density at radius 1 is 1.12 bits per heavy atom. The van der Waals surface area contributed by atoms with Crippen LogP contribution in [0.2, 0.25) is 0 Å². The van der Waals surface area contributed by atoms with Crippen LogP contribution in [0.4, 0.5) is 11.4 Å². The quantitative estimate of drug-likeness (QED) is 0.541. The number of likely N-dealkylation sites (tertiary alicyclic amines) is 1. The minimum Gasteiger partial charge on any atom is -0.408 e. The zero-order valence-electron chi connectivity index (χ0n) is 17.7. The molecule has 0 saturated carbocycles. The number of nitrogens with zero attached hydrogens (tertiary/aromatic N) is 4. The molecule has 0 atom stereocenters. The number of hydrogen-bond donors (Lipinski definition) is 1. The summed E-state index contributed by atoms with van der Waals surface area (Å²) in [5.74, 6) is 0.622. The van der Waals surface area contributed by atoms with Gasteiger partial charge in [0, 0.05) is 25.5 Å². The van der Waals surface area contributed by atoms with E-state index >= 15 is 0 Å². The summed E-state index contributed by atoms with van der Waals surface area (Å²) in [6, 6.07) is 13.5. The number of aryl methyl sites for hydroxylation is 1. The summed E-state index contributed by atoms with van der Waals surface area (Å²) in [6.07, 6.45) is 5.29. The largest absolute Gasteiger partial charge is 0.417 e. The van der Waals surface area contributed by atoms with Crippen molar-refractivity contribution in [3.05, 3.63) is 76.8 Å². The van der Waals surface area contributed by atoms with Gasteiger partial charge in [-0.3, -0.25) is 19.6 Å². The number of oxazole rings is 1. The van der Waals surface area contributed by atoms with Crippen molar-refractivity contribution in [2.75, 3.05) is 18.0 Å². The molecule has 2 aliphatic rings. The first-order chi connectivity index (χ1) is 15.5. The fourth-order valence-electron chi connectivity index (χ4n) is 5.17. The Labute approximate surface area is 184 Å². The lowest BCUT2D eigenvalue weighted by Gasteiger charge is -2.38. The number of aromatic nitrogens is 3. The second-order valence-electron chi connectivity index (χ2n) is 8.67. The van der Waals surface area contributed by atoms with E-state index in [1.807, 2.05) is 48.3 Å². The van der Waals surface area contributed by atoms with Crippen molar-refractivity contribution in [2.45, 2.75) is 24.8 Å². The number of carbonyl (C=O) groups excluding carboxylic acids is 1. The molecule has 1 saturated heterocycles. The number of aromatic amines is 1. The zero-order chi connectivity index (χ0) is 21.9. The third-order valence-electron chi connectivity index (χ3n) is 6.93. The summed E-state index contributed by atoms with van der Waals surface area (Å²) in [5, 5.41) is 0. The summed E-state index contributed by atoms with van der Waals surface area (Å²) < 4.78 is 7.28. The SMILES string of the molecule is Cn1ccnc1CN1CCC2(CC1)C(=O)N(c1ccc3[nH]c(=O)oc3c1)c1ccccc12. The van der Waals surface area contributed by atoms with Gasteiger partial charge in [-0.05, 0) is 49.7 Å². The molecule has 2 aliphatic heterocycles. The smallest absolute Gasteiger partial charge is 0.408 e. The second kappa shape index (κ2) is 6.93. The first-order valence-electron chi connectivity index (χ1n) is 10.8. The van der Waals surface area contributed by atoms with Gasteiger partial charge in [-0.1, -0.05) is 18.2 Å². The van der Waals surface area contributed by atoms with Crippen LogP contribution < -0.4 is 10.7 Å². The number of amides is 1. The van der Waals surface area contributed by atoms with Gasteiger partial charge in [0.25, 0.3) is 0 Å². The number of H-pyrrole nitrogens is 1. The van der Waals surface area contributed by atoms with Gasteiger partial charge in [0.2, 0.25) is 5.91 Å². The minimum absolute atomic E-state index is 0.0903. The number of benzene rings is 2. The summed E-state index contributed by atoms with van der Waals surface area (Å²) in [4.78, 5) is 36.8.